The Labute approximate surface area is 95.6 Å². The van der Waals surface area contributed by atoms with Gasteiger partial charge in [0.05, 0.1) is 12.7 Å². The normalized spacial score (nSPS) is 12.0. The molecule has 0 radical (unpaired) electrons. The third kappa shape index (κ3) is 2.60. The van der Waals surface area contributed by atoms with Crippen molar-refractivity contribution in [2.75, 3.05) is 7.11 Å². The van der Waals surface area contributed by atoms with Crippen LogP contribution >= 0.6 is 15.9 Å². The molecule has 0 aromatic carbocycles. The molecule has 0 bridgehead atoms. The van der Waals surface area contributed by atoms with Gasteiger partial charge in [0.2, 0.25) is 0 Å². The lowest BCUT2D eigenvalue weighted by atomic mass is 10.2. The van der Waals surface area contributed by atoms with Gasteiger partial charge >= 0.3 is 6.18 Å². The van der Waals surface area contributed by atoms with E-state index in [0.29, 0.717) is 6.07 Å². The second-order valence-corrected chi connectivity index (χ2v) is 3.46. The van der Waals surface area contributed by atoms with E-state index in [4.69, 9.17) is 0 Å². The van der Waals surface area contributed by atoms with Crippen LogP contribution in [0.1, 0.15) is 17.7 Å². The molecule has 0 unspecified atom stereocenters. The zero-order chi connectivity index (χ0) is 12.5. The van der Waals surface area contributed by atoms with Crippen molar-refractivity contribution in [2.24, 2.45) is 0 Å². The third-order valence-electron chi connectivity index (χ3n) is 1.71. The maximum atomic E-state index is 12.4. The van der Waals surface area contributed by atoms with Gasteiger partial charge in [-0.2, -0.15) is 13.2 Å². The van der Waals surface area contributed by atoms with Crippen molar-refractivity contribution in [3.63, 3.8) is 0 Å². The van der Waals surface area contributed by atoms with Gasteiger partial charge in [0.25, 0.3) is 6.43 Å². The van der Waals surface area contributed by atoms with E-state index >= 15 is 0 Å². The molecule has 0 amide bonds. The molecule has 0 aliphatic carbocycles. The Morgan fingerprint density at radius 3 is 2.31 bits per heavy atom. The molecule has 2 nitrogen and oxygen atoms in total. The molecule has 0 aliphatic rings. The Morgan fingerprint density at radius 2 is 1.94 bits per heavy atom. The van der Waals surface area contributed by atoms with Crippen molar-refractivity contribution in [3.8, 4) is 5.75 Å². The highest BCUT2D eigenvalue weighted by Crippen LogP contribution is 2.39. The van der Waals surface area contributed by atoms with Crippen LogP contribution in [-0.4, -0.2) is 12.1 Å². The van der Waals surface area contributed by atoms with Gasteiger partial charge in [0.15, 0.2) is 5.75 Å². The van der Waals surface area contributed by atoms with Gasteiger partial charge in [-0.3, -0.25) is 0 Å². The quantitative estimate of drug-likeness (QED) is 0.612. The van der Waals surface area contributed by atoms with Crippen molar-refractivity contribution in [3.05, 3.63) is 21.9 Å². The summed E-state index contributed by atoms with van der Waals surface area (Å²) in [6.07, 6.45) is -8.20. The molecule has 1 rings (SSSR count). The number of ether oxygens (including phenoxy) is 1. The van der Waals surface area contributed by atoms with Crippen LogP contribution in [0.25, 0.3) is 0 Å². The molecule has 0 saturated heterocycles. The highest BCUT2D eigenvalue weighted by Gasteiger charge is 2.38. The van der Waals surface area contributed by atoms with Gasteiger partial charge in [-0.05, 0) is 22.0 Å². The average Bonchev–Trinajstić information content (AvgIpc) is 2.15. The number of halogens is 6. The second kappa shape index (κ2) is 4.52. The number of aromatic nitrogens is 1. The number of pyridine rings is 1. The van der Waals surface area contributed by atoms with E-state index in [1.807, 2.05) is 0 Å². The van der Waals surface area contributed by atoms with Crippen LogP contribution in [-0.2, 0) is 6.18 Å². The second-order valence-electron chi connectivity index (χ2n) is 2.71. The first-order chi connectivity index (χ1) is 7.27. The SMILES string of the molecule is COc1cc(C(F)(F)F)c(C(F)F)nc1Br. The predicted octanol–water partition coefficient (Wildman–Crippen LogP) is 3.81. The fourth-order valence-electron chi connectivity index (χ4n) is 1.02. The summed E-state index contributed by atoms with van der Waals surface area (Å²) in [5, 5.41) is 0. The molecule has 1 aromatic heterocycles. The van der Waals surface area contributed by atoms with E-state index in [-0.39, 0.29) is 10.4 Å². The Morgan fingerprint density at radius 1 is 1.38 bits per heavy atom. The zero-order valence-corrected chi connectivity index (χ0v) is 9.36. The summed E-state index contributed by atoms with van der Waals surface area (Å²) in [6.45, 7) is 0. The molecule has 1 heterocycles. The third-order valence-corrected chi connectivity index (χ3v) is 2.27. The fourth-order valence-corrected chi connectivity index (χ4v) is 1.49. The fraction of sp³-hybridized carbons (Fsp3) is 0.375. The topological polar surface area (TPSA) is 22.1 Å². The molecular weight excluding hydrogens is 301 g/mol. The molecule has 0 atom stereocenters. The average molecular weight is 306 g/mol. The van der Waals surface area contributed by atoms with Crippen LogP contribution in [0.2, 0.25) is 0 Å². The molecule has 90 valence electrons. The van der Waals surface area contributed by atoms with E-state index in [1.54, 1.807) is 0 Å². The van der Waals surface area contributed by atoms with E-state index in [1.165, 1.54) is 0 Å². The van der Waals surface area contributed by atoms with Gasteiger partial charge < -0.3 is 4.74 Å². The van der Waals surface area contributed by atoms with E-state index < -0.39 is 23.9 Å². The van der Waals surface area contributed by atoms with Crippen LogP contribution in [0, 0.1) is 0 Å². The summed E-state index contributed by atoms with van der Waals surface area (Å²) in [5.74, 6) is -0.253. The lowest BCUT2D eigenvalue weighted by molar-refractivity contribution is -0.140. The van der Waals surface area contributed by atoms with Gasteiger partial charge in [0, 0.05) is 0 Å². The lowest BCUT2D eigenvalue weighted by Gasteiger charge is -2.13. The van der Waals surface area contributed by atoms with Crippen LogP contribution in [0.3, 0.4) is 0 Å². The maximum Gasteiger partial charge on any atom is 0.418 e. The van der Waals surface area contributed by atoms with Crippen molar-refractivity contribution in [2.45, 2.75) is 12.6 Å². The zero-order valence-electron chi connectivity index (χ0n) is 7.78. The molecule has 0 aliphatic heterocycles. The Kier molecular flexibility index (Phi) is 3.72. The monoisotopic (exact) mass is 305 g/mol. The minimum atomic E-state index is -4.90. The Balaban J connectivity index is 3.43. The molecule has 0 spiro atoms. The summed E-state index contributed by atoms with van der Waals surface area (Å²) in [4.78, 5) is 3.13. The van der Waals surface area contributed by atoms with Crippen molar-refractivity contribution in [1.29, 1.82) is 0 Å². The first-order valence-electron chi connectivity index (χ1n) is 3.87. The van der Waals surface area contributed by atoms with E-state index in [0.717, 1.165) is 7.11 Å². The minimum absolute atomic E-state index is 0.196. The summed E-state index contributed by atoms with van der Waals surface area (Å²) in [6, 6.07) is 0.485. The molecule has 0 fully saturated rings. The van der Waals surface area contributed by atoms with E-state index in [2.05, 4.69) is 25.7 Å². The minimum Gasteiger partial charge on any atom is -0.494 e. The molecular formula is C8H5BrF5NO. The number of methoxy groups -OCH3 is 1. The van der Waals surface area contributed by atoms with Crippen molar-refractivity contribution < 1.29 is 26.7 Å². The summed E-state index contributed by atoms with van der Waals surface area (Å²) in [7, 11) is 1.12. The van der Waals surface area contributed by atoms with E-state index in [9.17, 15) is 22.0 Å². The Hall–Kier alpha value is -0.920. The number of rotatable bonds is 2. The van der Waals surface area contributed by atoms with Gasteiger partial charge in [0.1, 0.15) is 10.3 Å². The lowest BCUT2D eigenvalue weighted by Crippen LogP contribution is -2.12. The molecule has 8 heteroatoms. The summed E-state index contributed by atoms with van der Waals surface area (Å²) >= 11 is 2.74. The molecule has 16 heavy (non-hydrogen) atoms. The largest absolute Gasteiger partial charge is 0.494 e. The van der Waals surface area contributed by atoms with Crippen molar-refractivity contribution in [1.82, 2.24) is 4.98 Å². The number of nitrogens with zero attached hydrogens (tertiary/aromatic N) is 1. The molecule has 1 aromatic rings. The first-order valence-corrected chi connectivity index (χ1v) is 4.66. The number of hydrogen-bond acceptors (Lipinski definition) is 2. The predicted molar refractivity (Wildman–Crippen MR) is 48.4 cm³/mol. The summed E-state index contributed by atoms with van der Waals surface area (Å²) in [5.41, 5.74) is -2.82. The van der Waals surface area contributed by atoms with Crippen LogP contribution in [0.15, 0.2) is 10.7 Å². The molecule has 0 saturated carbocycles. The van der Waals surface area contributed by atoms with Crippen LogP contribution < -0.4 is 4.74 Å². The molecule has 0 N–H and O–H groups in total. The van der Waals surface area contributed by atoms with Gasteiger partial charge in [-0.25, -0.2) is 13.8 Å². The summed E-state index contributed by atoms with van der Waals surface area (Å²) < 4.78 is 66.3. The first kappa shape index (κ1) is 13.1. The smallest absolute Gasteiger partial charge is 0.418 e. The number of alkyl halides is 5. The van der Waals surface area contributed by atoms with Crippen molar-refractivity contribution >= 4 is 15.9 Å². The maximum absolute atomic E-state index is 12.4. The van der Waals surface area contributed by atoms with Crippen LogP contribution in [0.4, 0.5) is 22.0 Å². The Bertz CT molecular complexity index is 393. The van der Waals surface area contributed by atoms with Gasteiger partial charge in [-0.15, -0.1) is 0 Å². The van der Waals surface area contributed by atoms with Gasteiger partial charge in [-0.1, -0.05) is 0 Å². The highest BCUT2D eigenvalue weighted by atomic mass is 79.9. The number of hydrogen-bond donors (Lipinski definition) is 0. The van der Waals surface area contributed by atoms with Crippen LogP contribution in [0.5, 0.6) is 5.75 Å². The standard InChI is InChI=1S/C8H5BrF5NO/c1-16-4-2-3(8(12,13)14)5(7(10)11)15-6(4)9/h2,7H,1H3. The highest BCUT2D eigenvalue weighted by molar-refractivity contribution is 9.10.